The van der Waals surface area contributed by atoms with Crippen LogP contribution in [0.15, 0.2) is 72.8 Å². The Hall–Kier alpha value is -3.58. The summed E-state index contributed by atoms with van der Waals surface area (Å²) in [4.78, 5) is 29.1. The van der Waals surface area contributed by atoms with Gasteiger partial charge >= 0.3 is 0 Å². The van der Waals surface area contributed by atoms with E-state index in [9.17, 15) is 14.0 Å². The summed E-state index contributed by atoms with van der Waals surface area (Å²) in [5, 5.41) is 0.296. The number of carbonyl (C=O) groups excluding carboxylic acids is 2. The fourth-order valence-corrected chi connectivity index (χ4v) is 3.88. The van der Waals surface area contributed by atoms with Gasteiger partial charge in [-0.05, 0) is 42.5 Å². The number of hydrogen-bond donors (Lipinski definition) is 0. The van der Waals surface area contributed by atoms with Crippen molar-refractivity contribution < 1.29 is 23.5 Å². The fourth-order valence-electron chi connectivity index (χ4n) is 3.71. The standard InChI is InChI=1S/C26H24ClFN2O4/c27-19-10-11-23(28)22(18-19)26(32)30-14-12-29(13-15-30)25(31)21-8-4-5-9-24(21)34-17-16-33-20-6-2-1-3-7-20/h1-11,18H,12-17H2. The number of ether oxygens (including phenoxy) is 2. The molecule has 2 amide bonds. The van der Waals surface area contributed by atoms with Gasteiger partial charge in [-0.3, -0.25) is 9.59 Å². The number of para-hydroxylation sites is 2. The fraction of sp³-hybridized carbons (Fsp3) is 0.231. The summed E-state index contributed by atoms with van der Waals surface area (Å²) < 4.78 is 25.5. The molecule has 6 nitrogen and oxygen atoms in total. The molecule has 0 aromatic heterocycles. The van der Waals surface area contributed by atoms with Gasteiger partial charge in [-0.15, -0.1) is 0 Å². The largest absolute Gasteiger partial charge is 0.490 e. The molecule has 0 bridgehead atoms. The topological polar surface area (TPSA) is 59.1 Å². The van der Waals surface area contributed by atoms with Crippen molar-refractivity contribution in [1.82, 2.24) is 9.80 Å². The van der Waals surface area contributed by atoms with Gasteiger partial charge in [0.15, 0.2) is 0 Å². The lowest BCUT2D eigenvalue weighted by Crippen LogP contribution is -2.50. The molecule has 3 aromatic carbocycles. The van der Waals surface area contributed by atoms with Crippen molar-refractivity contribution in [2.24, 2.45) is 0 Å². The van der Waals surface area contributed by atoms with E-state index in [4.69, 9.17) is 21.1 Å². The number of benzene rings is 3. The molecule has 34 heavy (non-hydrogen) atoms. The summed E-state index contributed by atoms with van der Waals surface area (Å²) in [6.07, 6.45) is 0. The summed E-state index contributed by atoms with van der Waals surface area (Å²) in [5.41, 5.74) is 0.381. The molecule has 8 heteroatoms. The first-order valence-electron chi connectivity index (χ1n) is 11.0. The molecule has 1 fully saturated rings. The zero-order valence-corrected chi connectivity index (χ0v) is 19.2. The van der Waals surface area contributed by atoms with E-state index in [1.807, 2.05) is 30.3 Å². The second kappa shape index (κ2) is 11.0. The van der Waals surface area contributed by atoms with Gasteiger partial charge in [0.25, 0.3) is 11.8 Å². The zero-order valence-electron chi connectivity index (χ0n) is 18.5. The van der Waals surface area contributed by atoms with Gasteiger partial charge in [0.2, 0.25) is 0 Å². The van der Waals surface area contributed by atoms with E-state index in [1.165, 1.54) is 23.1 Å². The lowest BCUT2D eigenvalue weighted by molar-refractivity contribution is 0.0530. The lowest BCUT2D eigenvalue weighted by Gasteiger charge is -2.35. The normalized spacial score (nSPS) is 13.5. The van der Waals surface area contributed by atoms with Gasteiger partial charge < -0.3 is 19.3 Å². The highest BCUT2D eigenvalue weighted by Gasteiger charge is 2.28. The van der Waals surface area contributed by atoms with Crippen LogP contribution in [0, 0.1) is 5.82 Å². The minimum atomic E-state index is -0.616. The Kier molecular flexibility index (Phi) is 7.65. The van der Waals surface area contributed by atoms with E-state index in [0.29, 0.717) is 49.1 Å². The molecule has 4 rings (SSSR count). The Bertz CT molecular complexity index is 1150. The number of piperazine rings is 1. The van der Waals surface area contributed by atoms with E-state index in [2.05, 4.69) is 0 Å². The summed E-state index contributed by atoms with van der Waals surface area (Å²) in [7, 11) is 0. The van der Waals surface area contributed by atoms with Crippen molar-refractivity contribution in [2.45, 2.75) is 0 Å². The van der Waals surface area contributed by atoms with Crippen LogP contribution in [0.3, 0.4) is 0 Å². The van der Waals surface area contributed by atoms with Crippen LogP contribution in [0.1, 0.15) is 20.7 Å². The highest BCUT2D eigenvalue weighted by molar-refractivity contribution is 6.31. The number of rotatable bonds is 7. The van der Waals surface area contributed by atoms with E-state index < -0.39 is 11.7 Å². The molecule has 1 heterocycles. The van der Waals surface area contributed by atoms with Crippen molar-refractivity contribution >= 4 is 23.4 Å². The molecule has 0 unspecified atom stereocenters. The number of halogens is 2. The molecule has 1 aliphatic rings. The van der Waals surface area contributed by atoms with Gasteiger partial charge in [-0.1, -0.05) is 41.9 Å². The molecule has 0 aliphatic carbocycles. The van der Waals surface area contributed by atoms with Crippen LogP contribution in [-0.2, 0) is 0 Å². The summed E-state index contributed by atoms with van der Waals surface area (Å²) in [6, 6.07) is 20.4. The molecule has 0 saturated carbocycles. The third-order valence-electron chi connectivity index (χ3n) is 5.48. The highest BCUT2D eigenvalue weighted by Crippen LogP contribution is 2.22. The van der Waals surface area contributed by atoms with E-state index >= 15 is 0 Å². The molecular weight excluding hydrogens is 459 g/mol. The summed E-state index contributed by atoms with van der Waals surface area (Å²) in [5.74, 6) is -0.00529. The molecule has 1 saturated heterocycles. The maximum absolute atomic E-state index is 14.1. The average molecular weight is 483 g/mol. The van der Waals surface area contributed by atoms with Gasteiger partial charge in [-0.2, -0.15) is 0 Å². The molecule has 0 N–H and O–H groups in total. The Labute approximate surface area is 202 Å². The molecule has 0 radical (unpaired) electrons. The number of carbonyl (C=O) groups is 2. The van der Waals surface area contributed by atoms with E-state index in [-0.39, 0.29) is 18.1 Å². The molecule has 0 spiro atoms. The molecule has 3 aromatic rings. The number of nitrogens with zero attached hydrogens (tertiary/aromatic N) is 2. The van der Waals surface area contributed by atoms with Gasteiger partial charge in [0.1, 0.15) is 30.5 Å². The molecule has 176 valence electrons. The van der Waals surface area contributed by atoms with Crippen molar-refractivity contribution in [3.8, 4) is 11.5 Å². The zero-order chi connectivity index (χ0) is 23.9. The first-order chi connectivity index (χ1) is 16.5. The Morgan fingerprint density at radius 2 is 1.35 bits per heavy atom. The quantitative estimate of drug-likeness (QED) is 0.464. The lowest BCUT2D eigenvalue weighted by atomic mass is 10.1. The van der Waals surface area contributed by atoms with Crippen LogP contribution in [-0.4, -0.2) is 61.0 Å². The van der Waals surface area contributed by atoms with Crippen molar-refractivity contribution in [3.63, 3.8) is 0 Å². The second-order valence-electron chi connectivity index (χ2n) is 7.71. The Morgan fingerprint density at radius 3 is 2.06 bits per heavy atom. The van der Waals surface area contributed by atoms with E-state index in [1.54, 1.807) is 29.2 Å². The van der Waals surface area contributed by atoms with Crippen molar-refractivity contribution in [1.29, 1.82) is 0 Å². The van der Waals surface area contributed by atoms with Crippen LogP contribution >= 0.6 is 11.6 Å². The predicted molar refractivity (Wildman–Crippen MR) is 127 cm³/mol. The van der Waals surface area contributed by atoms with Crippen molar-refractivity contribution in [3.05, 3.63) is 94.8 Å². The van der Waals surface area contributed by atoms with Crippen LogP contribution < -0.4 is 9.47 Å². The third-order valence-corrected chi connectivity index (χ3v) is 5.72. The van der Waals surface area contributed by atoms with Crippen LogP contribution in [0.25, 0.3) is 0 Å². The average Bonchev–Trinajstić information content (AvgIpc) is 2.88. The minimum Gasteiger partial charge on any atom is -0.490 e. The molecular formula is C26H24ClFN2O4. The first kappa shape index (κ1) is 23.6. The minimum absolute atomic E-state index is 0.0660. The summed E-state index contributed by atoms with van der Waals surface area (Å²) >= 11 is 5.91. The van der Waals surface area contributed by atoms with Gasteiger partial charge in [0, 0.05) is 31.2 Å². The monoisotopic (exact) mass is 482 g/mol. The highest BCUT2D eigenvalue weighted by atomic mass is 35.5. The number of hydrogen-bond acceptors (Lipinski definition) is 4. The Morgan fingerprint density at radius 1 is 0.765 bits per heavy atom. The maximum Gasteiger partial charge on any atom is 0.257 e. The summed E-state index contributed by atoms with van der Waals surface area (Å²) in [6.45, 7) is 1.88. The van der Waals surface area contributed by atoms with Crippen LogP contribution in [0.5, 0.6) is 11.5 Å². The van der Waals surface area contributed by atoms with Crippen LogP contribution in [0.2, 0.25) is 5.02 Å². The maximum atomic E-state index is 14.1. The number of amides is 2. The molecule has 0 atom stereocenters. The van der Waals surface area contributed by atoms with Crippen molar-refractivity contribution in [2.75, 3.05) is 39.4 Å². The van der Waals surface area contributed by atoms with Gasteiger partial charge in [0.05, 0.1) is 11.1 Å². The second-order valence-corrected chi connectivity index (χ2v) is 8.15. The SMILES string of the molecule is O=C(c1cc(Cl)ccc1F)N1CCN(C(=O)c2ccccc2OCCOc2ccccc2)CC1. The molecule has 1 aliphatic heterocycles. The first-order valence-corrected chi connectivity index (χ1v) is 11.3. The smallest absolute Gasteiger partial charge is 0.257 e. The predicted octanol–water partition coefficient (Wildman–Crippen LogP) is 4.54. The van der Waals surface area contributed by atoms with Gasteiger partial charge in [-0.25, -0.2) is 4.39 Å². The van der Waals surface area contributed by atoms with E-state index in [0.717, 1.165) is 5.75 Å². The third kappa shape index (κ3) is 5.66. The Balaban J connectivity index is 1.33. The van der Waals surface area contributed by atoms with Crippen LogP contribution in [0.4, 0.5) is 4.39 Å².